The minimum absolute atomic E-state index is 0.0503. The van der Waals surface area contributed by atoms with Gasteiger partial charge < -0.3 is 27.9 Å². The molecule has 0 aromatic heterocycles. The molecule has 0 saturated carbocycles. The second-order valence-electron chi connectivity index (χ2n) is 15.5. The predicted octanol–water partition coefficient (Wildman–Crippen LogP) is 11.3. The Morgan fingerprint density at radius 1 is 0.611 bits per heavy atom. The molecule has 2 atom stereocenters. The zero-order valence-electron chi connectivity index (χ0n) is 35.2. The largest absolute Gasteiger partial charge is 0.756 e. The van der Waals surface area contributed by atoms with Crippen LogP contribution in [0.25, 0.3) is 0 Å². The lowest BCUT2D eigenvalue weighted by Gasteiger charge is -2.28. The third-order valence-electron chi connectivity index (χ3n) is 8.96. The summed E-state index contributed by atoms with van der Waals surface area (Å²) in [6.45, 7) is 4.05. The number of ether oxygens (including phenoxy) is 2. The van der Waals surface area contributed by atoms with Gasteiger partial charge in [0.2, 0.25) is 0 Å². The van der Waals surface area contributed by atoms with E-state index in [0.717, 1.165) is 51.4 Å². The van der Waals surface area contributed by atoms with Crippen molar-refractivity contribution in [3.8, 4) is 0 Å². The van der Waals surface area contributed by atoms with Crippen molar-refractivity contribution in [2.75, 3.05) is 47.5 Å². The van der Waals surface area contributed by atoms with Gasteiger partial charge in [-0.2, -0.15) is 0 Å². The van der Waals surface area contributed by atoms with Crippen molar-refractivity contribution in [2.24, 2.45) is 0 Å². The summed E-state index contributed by atoms with van der Waals surface area (Å²) >= 11 is 0. The van der Waals surface area contributed by atoms with Crippen molar-refractivity contribution in [1.29, 1.82) is 0 Å². The maximum atomic E-state index is 12.5. The molecule has 0 rings (SSSR count). The van der Waals surface area contributed by atoms with E-state index >= 15 is 0 Å². The van der Waals surface area contributed by atoms with E-state index in [0.29, 0.717) is 17.4 Å². The van der Waals surface area contributed by atoms with Gasteiger partial charge in [0.25, 0.3) is 7.82 Å². The van der Waals surface area contributed by atoms with Crippen molar-refractivity contribution in [3.63, 3.8) is 0 Å². The van der Waals surface area contributed by atoms with Crippen molar-refractivity contribution < 1.29 is 42.1 Å². The number of quaternary nitrogens is 1. The highest BCUT2D eigenvalue weighted by molar-refractivity contribution is 7.45. The first kappa shape index (κ1) is 52.0. The smallest absolute Gasteiger partial charge is 0.331 e. The molecule has 314 valence electrons. The first-order chi connectivity index (χ1) is 26.0. The molecule has 0 aliphatic heterocycles. The van der Waals surface area contributed by atoms with Gasteiger partial charge in [0.1, 0.15) is 19.8 Å². The standard InChI is InChI=1S/C44H80NO8P/c1-6-8-10-12-14-16-18-20-22-24-26-28-30-32-34-36-43(46)50-40-42(41-52-54(48,49)51-39-38-45(3,4)5)53-44(47)37-35-33-31-29-27-25-23-21-19-17-15-13-11-9-7-2/h16,18,20,22,31,33,35,37,42H,6-15,17,19,21,23-30,32,34,36,38-41H2,1-5H3/b18-16+,22-20+,33-31+,37-35+/t42-/m1/s1. The van der Waals surface area contributed by atoms with E-state index in [9.17, 15) is 19.0 Å². The molecule has 54 heavy (non-hydrogen) atoms. The van der Waals surface area contributed by atoms with Crippen LogP contribution in [0.3, 0.4) is 0 Å². The van der Waals surface area contributed by atoms with Gasteiger partial charge in [-0.1, -0.05) is 159 Å². The molecule has 0 N–H and O–H groups in total. The fourth-order valence-electron chi connectivity index (χ4n) is 5.55. The lowest BCUT2D eigenvalue weighted by Crippen LogP contribution is -2.37. The first-order valence-electron chi connectivity index (χ1n) is 21.4. The summed E-state index contributed by atoms with van der Waals surface area (Å²) in [5, 5.41) is 0. The number of carbonyl (C=O) groups is 2. The van der Waals surface area contributed by atoms with E-state index in [4.69, 9.17) is 18.5 Å². The minimum Gasteiger partial charge on any atom is -0.756 e. The third kappa shape index (κ3) is 39.7. The van der Waals surface area contributed by atoms with E-state index < -0.39 is 32.5 Å². The normalized spacial score (nSPS) is 14.1. The van der Waals surface area contributed by atoms with Gasteiger partial charge in [0, 0.05) is 12.5 Å². The van der Waals surface area contributed by atoms with Crippen LogP contribution in [-0.2, 0) is 32.7 Å². The molecule has 1 unspecified atom stereocenters. The monoisotopic (exact) mass is 782 g/mol. The number of nitrogens with zero attached hydrogens (tertiary/aromatic N) is 1. The summed E-state index contributed by atoms with van der Waals surface area (Å²) in [7, 11) is 1.10. The Kier molecular flexibility index (Phi) is 35.2. The average molecular weight is 782 g/mol. The molecule has 0 aromatic carbocycles. The number of rotatable bonds is 38. The maximum absolute atomic E-state index is 12.5. The average Bonchev–Trinajstić information content (AvgIpc) is 3.12. The van der Waals surface area contributed by atoms with Gasteiger partial charge in [0.05, 0.1) is 27.7 Å². The van der Waals surface area contributed by atoms with E-state index in [-0.39, 0.29) is 19.6 Å². The van der Waals surface area contributed by atoms with E-state index in [2.05, 4.69) is 38.2 Å². The number of hydrogen-bond donors (Lipinski definition) is 0. The van der Waals surface area contributed by atoms with Crippen LogP contribution in [0.5, 0.6) is 0 Å². The predicted molar refractivity (Wildman–Crippen MR) is 222 cm³/mol. The number of allylic oxidation sites excluding steroid dienone is 7. The van der Waals surface area contributed by atoms with Gasteiger partial charge in [-0.15, -0.1) is 0 Å². The molecule has 0 radical (unpaired) electrons. The van der Waals surface area contributed by atoms with Gasteiger partial charge >= 0.3 is 11.9 Å². The lowest BCUT2D eigenvalue weighted by atomic mass is 10.1. The van der Waals surface area contributed by atoms with Crippen LogP contribution in [0.2, 0.25) is 0 Å². The van der Waals surface area contributed by atoms with E-state index in [1.807, 2.05) is 33.3 Å². The summed E-state index contributed by atoms with van der Waals surface area (Å²) in [4.78, 5) is 37.3. The van der Waals surface area contributed by atoms with Crippen molar-refractivity contribution in [3.05, 3.63) is 48.6 Å². The first-order valence-corrected chi connectivity index (χ1v) is 22.9. The Morgan fingerprint density at radius 2 is 1.06 bits per heavy atom. The molecule has 0 amide bonds. The molecule has 0 aromatic rings. The van der Waals surface area contributed by atoms with Crippen LogP contribution >= 0.6 is 7.82 Å². The zero-order valence-corrected chi connectivity index (χ0v) is 36.0. The van der Waals surface area contributed by atoms with Gasteiger partial charge in [0.15, 0.2) is 6.10 Å². The number of unbranched alkanes of at least 4 members (excludes halogenated alkanes) is 20. The third-order valence-corrected chi connectivity index (χ3v) is 9.92. The van der Waals surface area contributed by atoms with E-state index in [1.54, 1.807) is 6.08 Å². The number of esters is 2. The molecular weight excluding hydrogens is 701 g/mol. The Hall–Kier alpha value is -2.03. The molecule has 9 nitrogen and oxygen atoms in total. The maximum Gasteiger partial charge on any atom is 0.331 e. The van der Waals surface area contributed by atoms with Crippen molar-refractivity contribution in [1.82, 2.24) is 0 Å². The second kappa shape index (κ2) is 36.6. The van der Waals surface area contributed by atoms with Crippen LogP contribution in [0.4, 0.5) is 0 Å². The van der Waals surface area contributed by atoms with Gasteiger partial charge in [-0.3, -0.25) is 9.36 Å². The van der Waals surface area contributed by atoms with Crippen molar-refractivity contribution in [2.45, 2.75) is 174 Å². The highest BCUT2D eigenvalue weighted by Crippen LogP contribution is 2.38. The summed E-state index contributed by atoms with van der Waals surface area (Å²) in [5.74, 6) is -1.11. The number of phosphoric acid groups is 1. The fraction of sp³-hybridized carbons (Fsp3) is 0.773. The second-order valence-corrected chi connectivity index (χ2v) is 16.9. The number of hydrogen-bond acceptors (Lipinski definition) is 8. The van der Waals surface area contributed by atoms with Crippen LogP contribution < -0.4 is 4.89 Å². The van der Waals surface area contributed by atoms with E-state index in [1.165, 1.54) is 96.0 Å². The summed E-state index contributed by atoms with van der Waals surface area (Å²) in [6, 6.07) is 0. The summed E-state index contributed by atoms with van der Waals surface area (Å²) in [6.07, 6.45) is 42.0. The molecule has 0 aliphatic carbocycles. The number of phosphoric ester groups is 1. The Morgan fingerprint density at radius 3 is 1.56 bits per heavy atom. The Balaban J connectivity index is 4.52. The molecular formula is C44H80NO8P. The molecule has 0 spiro atoms. The van der Waals surface area contributed by atoms with Crippen LogP contribution in [-0.4, -0.2) is 70.0 Å². The molecule has 0 fully saturated rings. The topological polar surface area (TPSA) is 111 Å². The Labute approximate surface area is 331 Å². The Bertz CT molecular complexity index is 1070. The van der Waals surface area contributed by atoms with Gasteiger partial charge in [-0.05, 0) is 44.9 Å². The quantitative estimate of drug-likeness (QED) is 0.0152. The molecule has 0 saturated heterocycles. The zero-order chi connectivity index (χ0) is 40.0. The van der Waals surface area contributed by atoms with Gasteiger partial charge in [-0.25, -0.2) is 4.79 Å². The summed E-state index contributed by atoms with van der Waals surface area (Å²) < 4.78 is 33.6. The highest BCUT2D eigenvalue weighted by Gasteiger charge is 2.21. The number of likely N-dealkylation sites (N-methyl/N-ethyl adjacent to an activating group) is 1. The number of carbonyl (C=O) groups excluding carboxylic acids is 2. The van der Waals surface area contributed by atoms with Crippen LogP contribution in [0.15, 0.2) is 48.6 Å². The molecule has 10 heteroatoms. The lowest BCUT2D eigenvalue weighted by molar-refractivity contribution is -0.870. The highest BCUT2D eigenvalue weighted by atomic mass is 31.2. The van der Waals surface area contributed by atoms with Crippen LogP contribution in [0.1, 0.15) is 168 Å². The molecule has 0 bridgehead atoms. The molecule has 0 heterocycles. The fourth-order valence-corrected chi connectivity index (χ4v) is 6.28. The van der Waals surface area contributed by atoms with Crippen molar-refractivity contribution >= 4 is 19.8 Å². The molecule has 0 aliphatic rings. The summed E-state index contributed by atoms with van der Waals surface area (Å²) in [5.41, 5.74) is 0. The SMILES string of the molecule is CCCCCC/C=C/C=C/CCCCCCCC(=O)OC[C@H](COP(=O)([O-])OCC[N+](C)(C)C)OC(=O)/C=C/C=C/CCCCCCCCCCCCC. The minimum atomic E-state index is -4.65. The van der Waals surface area contributed by atoms with Crippen LogP contribution in [0, 0.1) is 0 Å².